The molecule has 39 heavy (non-hydrogen) atoms. The van der Waals surface area contributed by atoms with E-state index in [-0.39, 0.29) is 0 Å². The van der Waals surface area contributed by atoms with Crippen LogP contribution in [-0.4, -0.2) is 0 Å². The molecule has 0 heteroatoms. The summed E-state index contributed by atoms with van der Waals surface area (Å²) in [7, 11) is 0. The van der Waals surface area contributed by atoms with E-state index in [4.69, 9.17) is 0 Å². The molecule has 0 aromatic carbocycles. The summed E-state index contributed by atoms with van der Waals surface area (Å²) in [4.78, 5) is 0. The molecule has 0 heterocycles. The van der Waals surface area contributed by atoms with E-state index in [9.17, 15) is 0 Å². The largest absolute Gasteiger partial charge is 0.0654 e. The Hall–Kier alpha value is 0. The van der Waals surface area contributed by atoms with Crippen molar-refractivity contribution in [2.45, 2.75) is 240 Å². The smallest absolute Gasteiger partial charge is 0.0443 e. The van der Waals surface area contributed by atoms with Crippen molar-refractivity contribution in [3.63, 3.8) is 0 Å². The Balaban J connectivity index is 3.25. The van der Waals surface area contributed by atoms with Crippen LogP contribution in [0, 0.1) is 11.8 Å². The fourth-order valence-corrected chi connectivity index (χ4v) is 6.47. The van der Waals surface area contributed by atoms with E-state index in [2.05, 4.69) is 27.7 Å². The Morgan fingerprint density at radius 3 is 0.590 bits per heavy atom. The maximum absolute atomic E-state index is 2.51. The zero-order valence-corrected chi connectivity index (χ0v) is 28.5. The van der Waals surface area contributed by atoms with E-state index in [1.807, 2.05) is 0 Å². The quantitative estimate of drug-likeness (QED) is 0.0701. The van der Waals surface area contributed by atoms with Gasteiger partial charge in [-0.05, 0) is 11.8 Å². The minimum Gasteiger partial charge on any atom is -0.0654 e. The van der Waals surface area contributed by atoms with Gasteiger partial charge >= 0.3 is 0 Å². The van der Waals surface area contributed by atoms with Crippen LogP contribution >= 0.6 is 0 Å². The number of unbranched alkanes of at least 4 members (excludes halogenated alkanes) is 26. The predicted molar refractivity (Wildman–Crippen MR) is 182 cm³/mol. The molecule has 0 saturated carbocycles. The van der Waals surface area contributed by atoms with Crippen molar-refractivity contribution in [2.24, 2.45) is 11.8 Å². The highest BCUT2D eigenvalue weighted by Crippen LogP contribution is 2.21. The summed E-state index contributed by atoms with van der Waals surface area (Å²) in [6.45, 7) is 9.64. The molecule has 0 fully saturated rings. The maximum atomic E-state index is 2.51. The Kier molecular flexibility index (Phi) is 34.2. The Morgan fingerprint density at radius 1 is 0.231 bits per heavy atom. The average Bonchev–Trinajstić information content (AvgIpc) is 2.93. The third-order valence-electron chi connectivity index (χ3n) is 9.49. The molecule has 0 aliphatic carbocycles. The first-order chi connectivity index (χ1) is 19.2. The topological polar surface area (TPSA) is 0 Å². The van der Waals surface area contributed by atoms with Gasteiger partial charge in [-0.15, -0.1) is 0 Å². The Labute approximate surface area is 251 Å². The van der Waals surface area contributed by atoms with Crippen LogP contribution in [0.5, 0.6) is 0 Å². The minimum absolute atomic E-state index is 0.959. The number of hydrogen-bond acceptors (Lipinski definition) is 0. The number of rotatable bonds is 34. The van der Waals surface area contributed by atoms with Crippen molar-refractivity contribution < 1.29 is 0 Å². The second-order valence-corrected chi connectivity index (χ2v) is 13.9. The van der Waals surface area contributed by atoms with Gasteiger partial charge in [-0.1, -0.05) is 240 Å². The molecule has 0 aliphatic rings. The summed E-state index contributed by atoms with van der Waals surface area (Å²) in [6, 6.07) is 0. The molecule has 0 bridgehead atoms. The lowest BCUT2D eigenvalue weighted by atomic mass is 9.93. The molecule has 0 aliphatic heterocycles. The maximum Gasteiger partial charge on any atom is -0.0443 e. The third-order valence-corrected chi connectivity index (χ3v) is 9.49. The SMILES string of the molecule is CCCCCCCCCCCCCCCCC(C)CCCCCC(C)CCCCCCCCCCCCCC. The third kappa shape index (κ3) is 34.1. The van der Waals surface area contributed by atoms with Crippen LogP contribution < -0.4 is 0 Å². The molecule has 0 aromatic rings. The molecule has 0 amide bonds. The van der Waals surface area contributed by atoms with Gasteiger partial charge in [0.2, 0.25) is 0 Å². The van der Waals surface area contributed by atoms with Gasteiger partial charge in [0, 0.05) is 0 Å². The van der Waals surface area contributed by atoms with Crippen LogP contribution in [0.2, 0.25) is 0 Å². The molecule has 0 saturated heterocycles. The molecular formula is C39H80. The van der Waals surface area contributed by atoms with Crippen molar-refractivity contribution in [1.82, 2.24) is 0 Å². The van der Waals surface area contributed by atoms with Crippen LogP contribution in [-0.2, 0) is 0 Å². The number of hydrogen-bond donors (Lipinski definition) is 0. The van der Waals surface area contributed by atoms with Crippen LogP contribution in [0.3, 0.4) is 0 Å². The summed E-state index contributed by atoms with van der Waals surface area (Å²) in [5, 5.41) is 0. The molecule has 2 unspecified atom stereocenters. The Morgan fingerprint density at radius 2 is 0.385 bits per heavy atom. The minimum atomic E-state index is 0.959. The van der Waals surface area contributed by atoms with Crippen LogP contribution in [0.25, 0.3) is 0 Å². The lowest BCUT2D eigenvalue weighted by Gasteiger charge is -2.13. The molecular weight excluding hydrogens is 468 g/mol. The lowest BCUT2D eigenvalue weighted by molar-refractivity contribution is 0.407. The highest BCUT2D eigenvalue weighted by atomic mass is 14.1. The summed E-state index contributed by atoms with van der Waals surface area (Å²) < 4.78 is 0. The zero-order chi connectivity index (χ0) is 28.5. The van der Waals surface area contributed by atoms with Crippen LogP contribution in [0.1, 0.15) is 240 Å². The highest BCUT2D eigenvalue weighted by Gasteiger charge is 2.05. The fourth-order valence-electron chi connectivity index (χ4n) is 6.47. The van der Waals surface area contributed by atoms with E-state index in [1.54, 1.807) is 0 Å². The van der Waals surface area contributed by atoms with Crippen molar-refractivity contribution in [1.29, 1.82) is 0 Å². The van der Waals surface area contributed by atoms with Crippen LogP contribution in [0.4, 0.5) is 0 Å². The summed E-state index contributed by atoms with van der Waals surface area (Å²) in [5.41, 5.74) is 0. The monoisotopic (exact) mass is 549 g/mol. The van der Waals surface area contributed by atoms with E-state index in [0.717, 1.165) is 11.8 Å². The summed E-state index contributed by atoms with van der Waals surface area (Å²) >= 11 is 0. The van der Waals surface area contributed by atoms with E-state index in [0.29, 0.717) is 0 Å². The van der Waals surface area contributed by atoms with Crippen molar-refractivity contribution in [3.05, 3.63) is 0 Å². The van der Waals surface area contributed by atoms with Gasteiger partial charge < -0.3 is 0 Å². The van der Waals surface area contributed by atoms with Gasteiger partial charge in [-0.3, -0.25) is 0 Å². The van der Waals surface area contributed by atoms with Crippen molar-refractivity contribution >= 4 is 0 Å². The predicted octanol–water partition coefficient (Wildman–Crippen LogP) is 15.2. The molecule has 0 nitrogen and oxygen atoms in total. The first-order valence-corrected chi connectivity index (χ1v) is 19.2. The van der Waals surface area contributed by atoms with Gasteiger partial charge in [0.1, 0.15) is 0 Å². The van der Waals surface area contributed by atoms with Gasteiger partial charge in [-0.25, -0.2) is 0 Å². The Bertz CT molecular complexity index is 412. The fraction of sp³-hybridized carbons (Fsp3) is 1.00. The molecule has 0 N–H and O–H groups in total. The molecule has 0 rings (SSSR count). The van der Waals surface area contributed by atoms with Gasteiger partial charge in [0.05, 0.1) is 0 Å². The van der Waals surface area contributed by atoms with Gasteiger partial charge in [-0.2, -0.15) is 0 Å². The van der Waals surface area contributed by atoms with Crippen LogP contribution in [0.15, 0.2) is 0 Å². The first-order valence-electron chi connectivity index (χ1n) is 19.2. The molecule has 0 radical (unpaired) electrons. The molecule has 236 valence electrons. The molecule has 0 spiro atoms. The second-order valence-electron chi connectivity index (χ2n) is 13.9. The van der Waals surface area contributed by atoms with Gasteiger partial charge in [0.15, 0.2) is 0 Å². The normalized spacial score (nSPS) is 13.2. The van der Waals surface area contributed by atoms with Crippen molar-refractivity contribution in [2.75, 3.05) is 0 Å². The van der Waals surface area contributed by atoms with Gasteiger partial charge in [0.25, 0.3) is 0 Å². The highest BCUT2D eigenvalue weighted by molar-refractivity contribution is 4.59. The zero-order valence-electron chi connectivity index (χ0n) is 28.5. The first kappa shape index (κ1) is 39.0. The van der Waals surface area contributed by atoms with E-state index >= 15 is 0 Å². The molecule has 0 aromatic heterocycles. The summed E-state index contributed by atoms with van der Waals surface area (Å²) in [6.07, 6.45) is 48.6. The average molecular weight is 549 g/mol. The van der Waals surface area contributed by atoms with Crippen molar-refractivity contribution in [3.8, 4) is 0 Å². The standard InChI is InChI=1S/C39H80/c1-5-7-9-11-13-15-17-19-20-22-24-26-28-31-35-39(4)37-33-29-32-36-38(3)34-30-27-25-23-21-18-16-14-12-10-8-6-2/h38-39H,5-37H2,1-4H3. The molecule has 2 atom stereocenters. The summed E-state index contributed by atoms with van der Waals surface area (Å²) in [5.74, 6) is 1.92. The second kappa shape index (κ2) is 34.2. The van der Waals surface area contributed by atoms with E-state index in [1.165, 1.54) is 212 Å². The van der Waals surface area contributed by atoms with E-state index < -0.39 is 0 Å². The lowest BCUT2D eigenvalue weighted by Crippen LogP contribution is -1.97.